The number of nitrogens with one attached hydrogen (secondary N) is 1. The van der Waals surface area contributed by atoms with Crippen molar-refractivity contribution in [1.29, 1.82) is 0 Å². The van der Waals surface area contributed by atoms with Crippen molar-refractivity contribution in [3.63, 3.8) is 0 Å². The van der Waals surface area contributed by atoms with E-state index in [1.165, 1.54) is 24.5 Å². The first-order chi connectivity index (χ1) is 9.93. The molecule has 0 fully saturated rings. The number of ether oxygens (including phenoxy) is 1. The zero-order chi connectivity index (χ0) is 15.6. The number of phenolic OH excluding ortho intramolecular Hbond substituents is 1. The van der Waals surface area contributed by atoms with Gasteiger partial charge in [-0.05, 0) is 52.0 Å². The third kappa shape index (κ3) is 3.25. The summed E-state index contributed by atoms with van der Waals surface area (Å²) < 4.78 is 5.19. The number of thiophene rings is 1. The Labute approximate surface area is 133 Å². The maximum atomic E-state index is 12.2. The Morgan fingerprint density at radius 2 is 2.10 bits per heavy atom. The SMILES string of the molecule is COC(=O)c1scc(C)c1NC(=O)c1ccc(Br)c(O)c1. The lowest BCUT2D eigenvalue weighted by Crippen LogP contribution is -2.14. The van der Waals surface area contributed by atoms with Gasteiger partial charge in [0.15, 0.2) is 0 Å². The van der Waals surface area contributed by atoms with E-state index < -0.39 is 11.9 Å². The van der Waals surface area contributed by atoms with Gasteiger partial charge in [-0.3, -0.25) is 4.79 Å². The highest BCUT2D eigenvalue weighted by Crippen LogP contribution is 2.30. The highest BCUT2D eigenvalue weighted by Gasteiger charge is 2.19. The number of amides is 1. The molecule has 0 bridgehead atoms. The molecule has 0 unspecified atom stereocenters. The van der Waals surface area contributed by atoms with Gasteiger partial charge >= 0.3 is 5.97 Å². The summed E-state index contributed by atoms with van der Waals surface area (Å²) in [4.78, 5) is 24.2. The minimum Gasteiger partial charge on any atom is -0.507 e. The molecule has 0 spiro atoms. The van der Waals surface area contributed by atoms with Crippen LogP contribution in [0.15, 0.2) is 28.1 Å². The molecule has 0 saturated carbocycles. The molecule has 7 heteroatoms. The summed E-state index contributed by atoms with van der Waals surface area (Å²) >= 11 is 4.35. The number of carbonyl (C=O) groups excluding carboxylic acids is 2. The van der Waals surface area contributed by atoms with Gasteiger partial charge in [-0.2, -0.15) is 0 Å². The van der Waals surface area contributed by atoms with Gasteiger partial charge in [0.05, 0.1) is 17.3 Å². The Kier molecular flexibility index (Phi) is 4.64. The van der Waals surface area contributed by atoms with Crippen LogP contribution in [0, 0.1) is 6.92 Å². The molecule has 1 aromatic carbocycles. The van der Waals surface area contributed by atoms with E-state index >= 15 is 0 Å². The summed E-state index contributed by atoms with van der Waals surface area (Å²) in [5, 5.41) is 14.1. The number of hydrogen-bond donors (Lipinski definition) is 2. The lowest BCUT2D eigenvalue weighted by molar-refractivity contribution is 0.0607. The quantitative estimate of drug-likeness (QED) is 0.810. The number of phenols is 1. The second-order valence-electron chi connectivity index (χ2n) is 4.23. The number of esters is 1. The molecule has 1 amide bonds. The van der Waals surface area contributed by atoms with Gasteiger partial charge in [0, 0.05) is 5.56 Å². The summed E-state index contributed by atoms with van der Waals surface area (Å²) in [6.45, 7) is 1.79. The van der Waals surface area contributed by atoms with Crippen molar-refractivity contribution >= 4 is 44.8 Å². The van der Waals surface area contributed by atoms with E-state index in [0.29, 0.717) is 15.0 Å². The fraction of sp³-hybridized carbons (Fsp3) is 0.143. The van der Waals surface area contributed by atoms with Gasteiger partial charge in [0.1, 0.15) is 10.6 Å². The lowest BCUT2D eigenvalue weighted by Gasteiger charge is -2.08. The number of hydrogen-bond acceptors (Lipinski definition) is 5. The number of rotatable bonds is 3. The second-order valence-corrected chi connectivity index (χ2v) is 5.97. The monoisotopic (exact) mass is 369 g/mol. The Hall–Kier alpha value is -1.86. The Morgan fingerprint density at radius 1 is 1.38 bits per heavy atom. The molecule has 110 valence electrons. The normalized spacial score (nSPS) is 10.2. The molecule has 2 aromatic rings. The minimum atomic E-state index is -0.498. The first-order valence-corrected chi connectivity index (χ1v) is 7.57. The number of anilines is 1. The van der Waals surface area contributed by atoms with Gasteiger partial charge in [-0.25, -0.2) is 4.79 Å². The van der Waals surface area contributed by atoms with Crippen LogP contribution >= 0.6 is 27.3 Å². The molecule has 5 nitrogen and oxygen atoms in total. The minimum absolute atomic E-state index is 0.0297. The Balaban J connectivity index is 2.29. The van der Waals surface area contributed by atoms with Crippen LogP contribution in [-0.4, -0.2) is 24.1 Å². The van der Waals surface area contributed by atoms with Gasteiger partial charge in [0.25, 0.3) is 5.91 Å². The summed E-state index contributed by atoms with van der Waals surface area (Å²) in [7, 11) is 1.29. The largest absolute Gasteiger partial charge is 0.507 e. The predicted octanol–water partition coefficient (Wildman–Crippen LogP) is 3.56. The zero-order valence-electron chi connectivity index (χ0n) is 11.3. The van der Waals surface area contributed by atoms with Crippen LogP contribution < -0.4 is 5.32 Å². The molecular formula is C14H12BrNO4S. The van der Waals surface area contributed by atoms with Crippen molar-refractivity contribution < 1.29 is 19.4 Å². The Bertz CT molecular complexity index is 711. The summed E-state index contributed by atoms with van der Waals surface area (Å²) in [6.07, 6.45) is 0. The van der Waals surface area contributed by atoms with Gasteiger partial charge in [-0.15, -0.1) is 11.3 Å². The van der Waals surface area contributed by atoms with Crippen LogP contribution in [0.25, 0.3) is 0 Å². The predicted molar refractivity (Wildman–Crippen MR) is 84.2 cm³/mol. The van der Waals surface area contributed by atoms with Crippen LogP contribution in [-0.2, 0) is 4.74 Å². The van der Waals surface area contributed by atoms with Gasteiger partial charge in [0.2, 0.25) is 0 Å². The number of carbonyl (C=O) groups is 2. The van der Waals surface area contributed by atoms with Gasteiger partial charge < -0.3 is 15.2 Å². The summed E-state index contributed by atoms with van der Waals surface area (Å²) in [5.74, 6) is -0.940. The molecule has 2 rings (SSSR count). The molecule has 0 aliphatic rings. The molecule has 1 aromatic heterocycles. The maximum absolute atomic E-state index is 12.2. The van der Waals surface area contributed by atoms with Crippen molar-refractivity contribution in [3.8, 4) is 5.75 Å². The first kappa shape index (κ1) is 15.5. The van der Waals surface area contributed by atoms with E-state index in [-0.39, 0.29) is 11.3 Å². The maximum Gasteiger partial charge on any atom is 0.350 e. The number of benzene rings is 1. The number of aromatic hydroxyl groups is 1. The topological polar surface area (TPSA) is 75.6 Å². The van der Waals surface area contributed by atoms with Crippen molar-refractivity contribution in [1.82, 2.24) is 0 Å². The van der Waals surface area contributed by atoms with Crippen LogP contribution in [0.4, 0.5) is 5.69 Å². The number of halogens is 1. The van der Waals surface area contributed by atoms with E-state index in [1.54, 1.807) is 24.4 Å². The first-order valence-electron chi connectivity index (χ1n) is 5.90. The molecule has 0 aliphatic carbocycles. The van der Waals surface area contributed by atoms with Crippen LogP contribution in [0.2, 0.25) is 0 Å². The molecule has 0 saturated heterocycles. The van der Waals surface area contributed by atoms with E-state index in [2.05, 4.69) is 26.0 Å². The average molecular weight is 370 g/mol. The van der Waals surface area contributed by atoms with Crippen molar-refractivity contribution in [2.24, 2.45) is 0 Å². The molecule has 0 aliphatic heterocycles. The smallest absolute Gasteiger partial charge is 0.350 e. The fourth-order valence-corrected chi connectivity index (χ4v) is 2.85. The average Bonchev–Trinajstić information content (AvgIpc) is 2.82. The van der Waals surface area contributed by atoms with Crippen molar-refractivity contribution in [2.45, 2.75) is 6.92 Å². The van der Waals surface area contributed by atoms with Crippen LogP contribution in [0.1, 0.15) is 25.6 Å². The van der Waals surface area contributed by atoms with E-state index in [4.69, 9.17) is 0 Å². The Morgan fingerprint density at radius 3 is 2.71 bits per heavy atom. The molecule has 0 radical (unpaired) electrons. The van der Waals surface area contributed by atoms with Crippen molar-refractivity contribution in [2.75, 3.05) is 12.4 Å². The third-order valence-electron chi connectivity index (χ3n) is 2.79. The number of aryl methyl sites for hydroxylation is 1. The fourth-order valence-electron chi connectivity index (χ4n) is 1.68. The number of methoxy groups -OCH3 is 1. The molecule has 0 atom stereocenters. The van der Waals surface area contributed by atoms with Crippen LogP contribution in [0.5, 0.6) is 5.75 Å². The molecular weight excluding hydrogens is 358 g/mol. The standard InChI is InChI=1S/C14H12BrNO4S/c1-7-6-21-12(14(19)20-2)11(7)16-13(18)8-3-4-9(15)10(17)5-8/h3-6,17H,1-2H3,(H,16,18). The van der Waals surface area contributed by atoms with Crippen molar-refractivity contribution in [3.05, 3.63) is 44.1 Å². The molecule has 1 heterocycles. The second kappa shape index (κ2) is 6.28. The summed E-state index contributed by atoms with van der Waals surface area (Å²) in [6, 6.07) is 4.49. The van der Waals surface area contributed by atoms with E-state index in [9.17, 15) is 14.7 Å². The van der Waals surface area contributed by atoms with Gasteiger partial charge in [-0.1, -0.05) is 0 Å². The highest BCUT2D eigenvalue weighted by molar-refractivity contribution is 9.10. The molecule has 2 N–H and O–H groups in total. The zero-order valence-corrected chi connectivity index (χ0v) is 13.7. The van der Waals surface area contributed by atoms with E-state index in [0.717, 1.165) is 5.56 Å². The summed E-state index contributed by atoms with van der Waals surface area (Å²) in [5.41, 5.74) is 1.49. The molecule has 21 heavy (non-hydrogen) atoms. The van der Waals surface area contributed by atoms with E-state index in [1.807, 2.05) is 0 Å². The lowest BCUT2D eigenvalue weighted by atomic mass is 10.2. The third-order valence-corrected chi connectivity index (χ3v) is 4.54. The van der Waals surface area contributed by atoms with Crippen LogP contribution in [0.3, 0.4) is 0 Å². The highest BCUT2D eigenvalue weighted by atomic mass is 79.9.